The molecule has 2 heterocycles. The molecular formula is C17H27N3O2. The zero-order valence-corrected chi connectivity index (χ0v) is 13.3. The lowest BCUT2D eigenvalue weighted by Crippen LogP contribution is -2.35. The summed E-state index contributed by atoms with van der Waals surface area (Å²) in [5.74, 6) is 1.30. The van der Waals surface area contributed by atoms with E-state index in [1.165, 1.54) is 45.0 Å². The molecule has 0 bridgehead atoms. The predicted molar refractivity (Wildman–Crippen MR) is 85.9 cm³/mol. The monoisotopic (exact) mass is 305 g/mol. The van der Waals surface area contributed by atoms with E-state index < -0.39 is 0 Å². The molecule has 122 valence electrons. The van der Waals surface area contributed by atoms with Gasteiger partial charge in [0.2, 0.25) is 0 Å². The number of nitrogens with zero attached hydrogens (tertiary/aromatic N) is 2. The average Bonchev–Trinajstić information content (AvgIpc) is 2.73. The molecule has 5 nitrogen and oxygen atoms in total. The van der Waals surface area contributed by atoms with Crippen molar-refractivity contribution < 1.29 is 4.74 Å². The minimum absolute atomic E-state index is 0.0707. The summed E-state index contributed by atoms with van der Waals surface area (Å²) >= 11 is 0. The van der Waals surface area contributed by atoms with Gasteiger partial charge < -0.3 is 14.6 Å². The van der Waals surface area contributed by atoms with Gasteiger partial charge in [0.15, 0.2) is 0 Å². The lowest BCUT2D eigenvalue weighted by molar-refractivity contribution is 0.120. The zero-order valence-electron chi connectivity index (χ0n) is 13.3. The zero-order chi connectivity index (χ0) is 15.2. The van der Waals surface area contributed by atoms with Crippen molar-refractivity contribution in [3.05, 3.63) is 28.4 Å². The molecule has 2 fully saturated rings. The topological polar surface area (TPSA) is 58.2 Å². The van der Waals surface area contributed by atoms with Crippen LogP contribution in [0.1, 0.15) is 37.8 Å². The standard InChI is InChI=1S/C17H27N3O2/c21-17-9-16(18-13-19-17)8-15-11-20(6-7-22-12-15)10-14-4-2-1-3-5-14/h9,13-15H,1-8,10-12H2,(H,18,19,21)/t15-/m0/s1. The normalized spacial score (nSPS) is 25.0. The third-order valence-corrected chi connectivity index (χ3v) is 4.90. The summed E-state index contributed by atoms with van der Waals surface area (Å²) in [4.78, 5) is 20.8. The Morgan fingerprint density at radius 2 is 2.14 bits per heavy atom. The van der Waals surface area contributed by atoms with Crippen LogP contribution in [0, 0.1) is 11.8 Å². The summed E-state index contributed by atoms with van der Waals surface area (Å²) in [5, 5.41) is 0. The maximum atomic E-state index is 11.4. The van der Waals surface area contributed by atoms with Crippen molar-refractivity contribution in [2.45, 2.75) is 38.5 Å². The molecule has 5 heteroatoms. The Kier molecular flexibility index (Phi) is 5.62. The van der Waals surface area contributed by atoms with Crippen LogP contribution in [0.3, 0.4) is 0 Å². The van der Waals surface area contributed by atoms with Crippen LogP contribution < -0.4 is 5.56 Å². The molecule has 1 saturated heterocycles. The van der Waals surface area contributed by atoms with Crippen LogP contribution in [0.4, 0.5) is 0 Å². The van der Waals surface area contributed by atoms with E-state index in [4.69, 9.17) is 4.74 Å². The van der Waals surface area contributed by atoms with Gasteiger partial charge in [0, 0.05) is 37.3 Å². The van der Waals surface area contributed by atoms with E-state index in [2.05, 4.69) is 14.9 Å². The van der Waals surface area contributed by atoms with Crippen molar-refractivity contribution in [3.63, 3.8) is 0 Å². The van der Waals surface area contributed by atoms with E-state index >= 15 is 0 Å². The second kappa shape index (κ2) is 7.88. The molecule has 2 aliphatic rings. The minimum atomic E-state index is -0.0707. The molecule has 22 heavy (non-hydrogen) atoms. The smallest absolute Gasteiger partial charge is 0.250 e. The Hall–Kier alpha value is -1.20. The fraction of sp³-hybridized carbons (Fsp3) is 0.765. The molecule has 1 aromatic rings. The van der Waals surface area contributed by atoms with Crippen LogP contribution in [-0.2, 0) is 11.2 Å². The number of nitrogens with one attached hydrogen (secondary N) is 1. The molecule has 0 aromatic carbocycles. The van der Waals surface area contributed by atoms with Crippen molar-refractivity contribution in [2.24, 2.45) is 11.8 Å². The molecular weight excluding hydrogens is 278 g/mol. The lowest BCUT2D eigenvalue weighted by Gasteiger charge is -2.30. The fourth-order valence-electron chi connectivity index (χ4n) is 3.79. The summed E-state index contributed by atoms with van der Waals surface area (Å²) in [6.07, 6.45) is 9.30. The first-order valence-corrected chi connectivity index (χ1v) is 8.63. The maximum absolute atomic E-state index is 11.4. The highest BCUT2D eigenvalue weighted by atomic mass is 16.5. The number of hydrogen-bond acceptors (Lipinski definition) is 4. The van der Waals surface area contributed by atoms with E-state index in [1.54, 1.807) is 6.07 Å². The molecule has 0 spiro atoms. The molecule has 1 aliphatic heterocycles. The van der Waals surface area contributed by atoms with Crippen molar-refractivity contribution in [3.8, 4) is 0 Å². The molecule has 3 rings (SSSR count). The molecule has 1 N–H and O–H groups in total. The average molecular weight is 305 g/mol. The van der Waals surface area contributed by atoms with Crippen molar-refractivity contribution >= 4 is 0 Å². The second-order valence-corrected chi connectivity index (χ2v) is 6.81. The summed E-state index contributed by atoms with van der Waals surface area (Å²) in [7, 11) is 0. The predicted octanol–water partition coefficient (Wildman–Crippen LogP) is 1.84. The number of ether oxygens (including phenoxy) is 1. The number of rotatable bonds is 4. The Morgan fingerprint density at radius 1 is 1.27 bits per heavy atom. The highest BCUT2D eigenvalue weighted by Gasteiger charge is 2.23. The van der Waals surface area contributed by atoms with Crippen LogP contribution in [-0.4, -0.2) is 47.7 Å². The van der Waals surface area contributed by atoms with Crippen LogP contribution in [0.5, 0.6) is 0 Å². The van der Waals surface area contributed by atoms with E-state index in [0.717, 1.165) is 44.3 Å². The minimum Gasteiger partial charge on any atom is -0.380 e. The highest BCUT2D eigenvalue weighted by molar-refractivity contribution is 5.00. The van der Waals surface area contributed by atoms with Gasteiger partial charge >= 0.3 is 0 Å². The Labute approximate surface area is 132 Å². The Balaban J connectivity index is 1.56. The van der Waals surface area contributed by atoms with Crippen LogP contribution in [0.25, 0.3) is 0 Å². The van der Waals surface area contributed by atoms with Crippen molar-refractivity contribution in [1.82, 2.24) is 14.9 Å². The summed E-state index contributed by atoms with van der Waals surface area (Å²) in [5.41, 5.74) is 0.801. The van der Waals surface area contributed by atoms with E-state index in [9.17, 15) is 4.79 Å². The molecule has 1 saturated carbocycles. The van der Waals surface area contributed by atoms with Gasteiger partial charge in [0.25, 0.3) is 5.56 Å². The molecule has 0 radical (unpaired) electrons. The summed E-state index contributed by atoms with van der Waals surface area (Å²) in [6, 6.07) is 1.61. The number of hydrogen-bond donors (Lipinski definition) is 1. The second-order valence-electron chi connectivity index (χ2n) is 6.81. The third kappa shape index (κ3) is 4.65. The van der Waals surface area contributed by atoms with Gasteiger partial charge in [0.05, 0.1) is 19.5 Å². The van der Waals surface area contributed by atoms with Gasteiger partial charge in [0.1, 0.15) is 0 Å². The van der Waals surface area contributed by atoms with Crippen LogP contribution in [0.15, 0.2) is 17.2 Å². The van der Waals surface area contributed by atoms with Gasteiger partial charge in [-0.05, 0) is 25.2 Å². The van der Waals surface area contributed by atoms with E-state index in [0.29, 0.717) is 5.92 Å². The Morgan fingerprint density at radius 3 is 2.95 bits per heavy atom. The van der Waals surface area contributed by atoms with Crippen molar-refractivity contribution in [2.75, 3.05) is 32.8 Å². The Bertz CT molecular complexity index is 511. The molecule has 1 aromatic heterocycles. The van der Waals surface area contributed by atoms with Crippen LogP contribution in [0.2, 0.25) is 0 Å². The molecule has 0 unspecified atom stereocenters. The van der Waals surface area contributed by atoms with Crippen molar-refractivity contribution in [1.29, 1.82) is 0 Å². The fourth-order valence-corrected chi connectivity index (χ4v) is 3.79. The van der Waals surface area contributed by atoms with E-state index in [-0.39, 0.29) is 5.56 Å². The maximum Gasteiger partial charge on any atom is 0.250 e. The summed E-state index contributed by atoms with van der Waals surface area (Å²) in [6.45, 7) is 4.91. The molecule has 1 atom stereocenters. The SMILES string of the molecule is O=c1cc(C[C@@H]2COCCN(CC3CCCCC3)C2)nc[nH]1. The largest absolute Gasteiger partial charge is 0.380 e. The highest BCUT2D eigenvalue weighted by Crippen LogP contribution is 2.25. The van der Waals surface area contributed by atoms with E-state index in [1.807, 2.05) is 0 Å². The van der Waals surface area contributed by atoms with Gasteiger partial charge in [-0.2, -0.15) is 0 Å². The first kappa shape index (κ1) is 15.7. The first-order valence-electron chi connectivity index (χ1n) is 8.63. The van der Waals surface area contributed by atoms with Gasteiger partial charge in [-0.1, -0.05) is 19.3 Å². The number of H-pyrrole nitrogens is 1. The van der Waals surface area contributed by atoms with Gasteiger partial charge in [-0.25, -0.2) is 4.98 Å². The third-order valence-electron chi connectivity index (χ3n) is 4.90. The molecule has 0 amide bonds. The molecule has 1 aliphatic carbocycles. The van der Waals surface area contributed by atoms with Crippen LogP contribution >= 0.6 is 0 Å². The first-order chi connectivity index (χ1) is 10.8. The number of aromatic nitrogens is 2. The lowest BCUT2D eigenvalue weighted by atomic mass is 9.88. The van der Waals surface area contributed by atoms with Gasteiger partial charge in [-0.3, -0.25) is 4.79 Å². The number of aromatic amines is 1. The quantitative estimate of drug-likeness (QED) is 0.922. The summed E-state index contributed by atoms with van der Waals surface area (Å²) < 4.78 is 5.77. The van der Waals surface area contributed by atoms with Gasteiger partial charge in [-0.15, -0.1) is 0 Å².